The highest BCUT2D eigenvalue weighted by atomic mass is 16.5. The molecule has 3 rings (SSSR count). The summed E-state index contributed by atoms with van der Waals surface area (Å²) in [4.78, 5) is 16.7. The smallest absolute Gasteiger partial charge is 0.226 e. The Kier molecular flexibility index (Phi) is 7.91. The minimum atomic E-state index is 0.0410. The van der Waals surface area contributed by atoms with E-state index in [1.165, 1.54) is 25.7 Å². The molecule has 0 radical (unpaired) electrons. The van der Waals surface area contributed by atoms with Crippen molar-refractivity contribution in [3.63, 3.8) is 0 Å². The van der Waals surface area contributed by atoms with Crippen LogP contribution in [-0.4, -0.2) is 30.6 Å². The van der Waals surface area contributed by atoms with Crippen molar-refractivity contribution < 1.29 is 14.3 Å². The van der Waals surface area contributed by atoms with Crippen LogP contribution in [0.1, 0.15) is 51.6 Å². The van der Waals surface area contributed by atoms with Crippen LogP contribution < -0.4 is 14.8 Å². The first-order chi connectivity index (χ1) is 14.2. The van der Waals surface area contributed by atoms with E-state index in [9.17, 15) is 4.79 Å². The number of hydrogen-bond donors (Lipinski definition) is 1. The van der Waals surface area contributed by atoms with Gasteiger partial charge in [-0.15, -0.1) is 0 Å². The summed E-state index contributed by atoms with van der Waals surface area (Å²) < 4.78 is 11.4. The molecule has 156 valence electrons. The number of pyridine rings is 1. The van der Waals surface area contributed by atoms with Crippen LogP contribution in [0.3, 0.4) is 0 Å². The highest BCUT2D eigenvalue weighted by Gasteiger charge is 2.15. The number of rotatable bonds is 10. The van der Waals surface area contributed by atoms with Gasteiger partial charge in [-0.25, -0.2) is 0 Å². The standard InChI is InChI=1S/C24H32N2O3/c1-3-28-21-11-12-22(23(16-21)29-4-2)19-9-10-20(26-17-19)15-24(27)25-14-13-18-7-5-6-8-18/h9-12,16-18H,3-8,13-15H2,1-2H3,(H,25,27). The zero-order valence-electron chi connectivity index (χ0n) is 17.6. The molecule has 1 fully saturated rings. The molecular formula is C24H32N2O3. The van der Waals surface area contributed by atoms with E-state index in [2.05, 4.69) is 10.3 Å². The summed E-state index contributed by atoms with van der Waals surface area (Å²) in [5.74, 6) is 2.40. The lowest BCUT2D eigenvalue weighted by Crippen LogP contribution is -2.27. The average molecular weight is 397 g/mol. The van der Waals surface area contributed by atoms with E-state index in [0.717, 1.165) is 47.2 Å². The summed E-state index contributed by atoms with van der Waals surface area (Å²) in [7, 11) is 0. The fraction of sp³-hybridized carbons (Fsp3) is 0.500. The summed E-state index contributed by atoms with van der Waals surface area (Å²) in [5, 5.41) is 3.04. The van der Waals surface area contributed by atoms with Crippen molar-refractivity contribution in [3.05, 3.63) is 42.2 Å². The highest BCUT2D eigenvalue weighted by Crippen LogP contribution is 2.33. The first-order valence-electron chi connectivity index (χ1n) is 10.8. The molecule has 1 saturated carbocycles. The van der Waals surface area contributed by atoms with Crippen LogP contribution in [0.4, 0.5) is 0 Å². The van der Waals surface area contributed by atoms with Gasteiger partial charge >= 0.3 is 0 Å². The van der Waals surface area contributed by atoms with Crippen molar-refractivity contribution in [2.45, 2.75) is 52.4 Å². The van der Waals surface area contributed by atoms with Gasteiger partial charge in [0.15, 0.2) is 0 Å². The third kappa shape index (κ3) is 6.21. The Bertz CT molecular complexity index is 783. The Morgan fingerprint density at radius 1 is 1.10 bits per heavy atom. The highest BCUT2D eigenvalue weighted by molar-refractivity contribution is 5.78. The molecule has 0 spiro atoms. The molecule has 29 heavy (non-hydrogen) atoms. The van der Waals surface area contributed by atoms with E-state index in [1.54, 1.807) is 6.20 Å². The van der Waals surface area contributed by atoms with Gasteiger partial charge in [0.2, 0.25) is 5.91 Å². The molecule has 0 atom stereocenters. The van der Waals surface area contributed by atoms with Gasteiger partial charge in [-0.3, -0.25) is 9.78 Å². The molecule has 0 bridgehead atoms. The maximum absolute atomic E-state index is 12.2. The van der Waals surface area contributed by atoms with Crippen LogP contribution in [0.5, 0.6) is 11.5 Å². The van der Waals surface area contributed by atoms with E-state index < -0.39 is 0 Å². The molecule has 1 aromatic heterocycles. The van der Waals surface area contributed by atoms with Crippen molar-refractivity contribution in [1.29, 1.82) is 0 Å². The van der Waals surface area contributed by atoms with Gasteiger partial charge in [0.1, 0.15) is 11.5 Å². The second-order valence-electron chi connectivity index (χ2n) is 7.53. The van der Waals surface area contributed by atoms with Crippen molar-refractivity contribution in [3.8, 4) is 22.6 Å². The number of aromatic nitrogens is 1. The molecule has 5 heteroatoms. The van der Waals surface area contributed by atoms with Crippen molar-refractivity contribution >= 4 is 5.91 Å². The summed E-state index contributed by atoms with van der Waals surface area (Å²) in [5.41, 5.74) is 2.70. The number of nitrogens with zero attached hydrogens (tertiary/aromatic N) is 1. The third-order valence-electron chi connectivity index (χ3n) is 5.39. The Morgan fingerprint density at radius 3 is 2.59 bits per heavy atom. The minimum Gasteiger partial charge on any atom is -0.494 e. The van der Waals surface area contributed by atoms with Crippen LogP contribution in [-0.2, 0) is 11.2 Å². The molecule has 1 aromatic carbocycles. The number of amides is 1. The van der Waals surface area contributed by atoms with Gasteiger partial charge < -0.3 is 14.8 Å². The number of carbonyl (C=O) groups excluding carboxylic acids is 1. The molecule has 1 aliphatic rings. The van der Waals surface area contributed by atoms with Gasteiger partial charge in [0, 0.05) is 35.6 Å². The number of hydrogen-bond acceptors (Lipinski definition) is 4. The SMILES string of the molecule is CCOc1ccc(-c2ccc(CC(=O)NCCC3CCCC3)nc2)c(OCC)c1. The minimum absolute atomic E-state index is 0.0410. The quantitative estimate of drug-likeness (QED) is 0.627. The van der Waals surface area contributed by atoms with E-state index in [4.69, 9.17) is 9.47 Å². The molecule has 0 aliphatic heterocycles. The maximum Gasteiger partial charge on any atom is 0.226 e. The van der Waals surface area contributed by atoms with Crippen LogP contribution in [0.2, 0.25) is 0 Å². The van der Waals surface area contributed by atoms with E-state index in [0.29, 0.717) is 19.6 Å². The molecule has 1 heterocycles. The van der Waals surface area contributed by atoms with Gasteiger partial charge in [-0.05, 0) is 44.4 Å². The zero-order chi connectivity index (χ0) is 20.5. The summed E-state index contributed by atoms with van der Waals surface area (Å²) in [6.07, 6.45) is 8.52. The molecule has 2 aromatic rings. The molecule has 1 N–H and O–H groups in total. The molecule has 0 unspecified atom stereocenters. The summed E-state index contributed by atoms with van der Waals surface area (Å²) >= 11 is 0. The van der Waals surface area contributed by atoms with E-state index in [1.807, 2.05) is 44.2 Å². The first kappa shape index (κ1) is 21.2. The van der Waals surface area contributed by atoms with Gasteiger partial charge in [0.05, 0.1) is 19.6 Å². The Morgan fingerprint density at radius 2 is 1.90 bits per heavy atom. The van der Waals surface area contributed by atoms with Crippen molar-refractivity contribution in [1.82, 2.24) is 10.3 Å². The molecule has 1 aliphatic carbocycles. The number of ether oxygens (including phenoxy) is 2. The number of benzene rings is 1. The normalized spacial score (nSPS) is 14.0. The molecular weight excluding hydrogens is 364 g/mol. The topological polar surface area (TPSA) is 60.5 Å². The predicted molar refractivity (Wildman–Crippen MR) is 115 cm³/mol. The summed E-state index contributed by atoms with van der Waals surface area (Å²) in [6.45, 7) is 5.89. The van der Waals surface area contributed by atoms with Crippen LogP contribution >= 0.6 is 0 Å². The van der Waals surface area contributed by atoms with Crippen LogP contribution in [0.15, 0.2) is 36.5 Å². The van der Waals surface area contributed by atoms with E-state index in [-0.39, 0.29) is 5.91 Å². The second kappa shape index (κ2) is 10.8. The lowest BCUT2D eigenvalue weighted by atomic mass is 10.0. The average Bonchev–Trinajstić information content (AvgIpc) is 3.23. The Balaban J connectivity index is 1.58. The third-order valence-corrected chi connectivity index (χ3v) is 5.39. The van der Waals surface area contributed by atoms with Crippen LogP contribution in [0, 0.1) is 5.92 Å². The summed E-state index contributed by atoms with van der Waals surface area (Å²) in [6, 6.07) is 9.74. The fourth-order valence-corrected chi connectivity index (χ4v) is 3.90. The van der Waals surface area contributed by atoms with Crippen molar-refractivity contribution in [2.75, 3.05) is 19.8 Å². The Labute approximate surface area is 173 Å². The zero-order valence-corrected chi connectivity index (χ0v) is 17.6. The maximum atomic E-state index is 12.2. The Hall–Kier alpha value is -2.56. The number of nitrogens with one attached hydrogen (secondary N) is 1. The fourth-order valence-electron chi connectivity index (χ4n) is 3.90. The van der Waals surface area contributed by atoms with Gasteiger partial charge in [-0.1, -0.05) is 31.7 Å². The van der Waals surface area contributed by atoms with E-state index >= 15 is 0 Å². The molecule has 5 nitrogen and oxygen atoms in total. The molecule has 0 saturated heterocycles. The number of carbonyl (C=O) groups is 1. The largest absolute Gasteiger partial charge is 0.494 e. The van der Waals surface area contributed by atoms with Crippen LogP contribution in [0.25, 0.3) is 11.1 Å². The monoisotopic (exact) mass is 396 g/mol. The van der Waals surface area contributed by atoms with Gasteiger partial charge in [-0.2, -0.15) is 0 Å². The second-order valence-corrected chi connectivity index (χ2v) is 7.53. The van der Waals surface area contributed by atoms with Crippen molar-refractivity contribution in [2.24, 2.45) is 5.92 Å². The first-order valence-corrected chi connectivity index (χ1v) is 10.8. The predicted octanol–water partition coefficient (Wildman–Crippen LogP) is 4.79. The lowest BCUT2D eigenvalue weighted by molar-refractivity contribution is -0.120. The van der Waals surface area contributed by atoms with Gasteiger partial charge in [0.25, 0.3) is 0 Å². The molecule has 1 amide bonds. The lowest BCUT2D eigenvalue weighted by Gasteiger charge is -2.13.